The van der Waals surface area contributed by atoms with Crippen LogP contribution in [-0.4, -0.2) is 17.7 Å². The number of carbonyl (C=O) groups excluding carboxylic acids is 3. The van der Waals surface area contributed by atoms with Crippen molar-refractivity contribution in [2.75, 3.05) is 10.2 Å². The molecule has 1 saturated carbocycles. The maximum absolute atomic E-state index is 13.0. The third kappa shape index (κ3) is 2.72. The number of fused-ring (bicyclic) bond motifs is 5. The first-order valence-electron chi connectivity index (χ1n) is 9.99. The van der Waals surface area contributed by atoms with Gasteiger partial charge >= 0.3 is 0 Å². The third-order valence-corrected chi connectivity index (χ3v) is 6.60. The molecular weight excluding hydrogens is 364 g/mol. The van der Waals surface area contributed by atoms with Gasteiger partial charge in [0.1, 0.15) is 0 Å². The Bertz CT molecular complexity index is 1060. The summed E-state index contributed by atoms with van der Waals surface area (Å²) in [7, 11) is 0. The van der Waals surface area contributed by atoms with Gasteiger partial charge < -0.3 is 5.32 Å². The number of carbonyl (C=O) groups is 3. The summed E-state index contributed by atoms with van der Waals surface area (Å²) in [6.45, 7) is 4.01. The van der Waals surface area contributed by atoms with Crippen molar-refractivity contribution in [1.82, 2.24) is 0 Å². The molecule has 0 unspecified atom stereocenters. The summed E-state index contributed by atoms with van der Waals surface area (Å²) >= 11 is 0. The highest BCUT2D eigenvalue weighted by atomic mass is 16.2. The van der Waals surface area contributed by atoms with Crippen LogP contribution in [0.3, 0.4) is 0 Å². The van der Waals surface area contributed by atoms with E-state index in [1.807, 2.05) is 32.0 Å². The Balaban J connectivity index is 1.40. The monoisotopic (exact) mass is 386 g/mol. The van der Waals surface area contributed by atoms with Gasteiger partial charge in [-0.2, -0.15) is 0 Å². The fraction of sp³-hybridized carbons (Fsp3) is 0.292. The maximum atomic E-state index is 13.0. The Morgan fingerprint density at radius 2 is 1.62 bits per heavy atom. The molecule has 2 aliphatic carbocycles. The number of hydrogen-bond acceptors (Lipinski definition) is 3. The average molecular weight is 386 g/mol. The number of anilines is 2. The van der Waals surface area contributed by atoms with Crippen LogP contribution in [0.4, 0.5) is 11.4 Å². The number of amides is 3. The summed E-state index contributed by atoms with van der Waals surface area (Å²) in [4.78, 5) is 40.0. The number of rotatable bonds is 3. The van der Waals surface area contributed by atoms with Crippen LogP contribution in [0.25, 0.3) is 0 Å². The molecule has 1 heterocycles. The number of nitrogens with one attached hydrogen (secondary N) is 1. The maximum Gasteiger partial charge on any atom is 0.255 e. The predicted octanol–water partition coefficient (Wildman–Crippen LogP) is 3.87. The van der Waals surface area contributed by atoms with Gasteiger partial charge in [0.25, 0.3) is 5.91 Å². The second-order valence-corrected chi connectivity index (χ2v) is 8.32. The van der Waals surface area contributed by atoms with Gasteiger partial charge in [-0.25, -0.2) is 4.90 Å². The molecule has 5 nitrogen and oxygen atoms in total. The molecule has 146 valence electrons. The van der Waals surface area contributed by atoms with E-state index in [1.165, 1.54) is 4.90 Å². The number of allylic oxidation sites excluding steroid dienone is 2. The zero-order valence-corrected chi connectivity index (χ0v) is 16.4. The summed E-state index contributed by atoms with van der Waals surface area (Å²) in [5.41, 5.74) is 3.86. The second kappa shape index (κ2) is 6.41. The summed E-state index contributed by atoms with van der Waals surface area (Å²) < 4.78 is 0. The normalized spacial score (nSPS) is 26.9. The lowest BCUT2D eigenvalue weighted by Crippen LogP contribution is -2.33. The Hall–Kier alpha value is -3.21. The van der Waals surface area contributed by atoms with Crippen molar-refractivity contribution in [3.8, 4) is 0 Å². The molecule has 3 amide bonds. The van der Waals surface area contributed by atoms with Crippen molar-refractivity contribution in [3.63, 3.8) is 0 Å². The fourth-order valence-electron chi connectivity index (χ4n) is 4.97. The topological polar surface area (TPSA) is 66.5 Å². The lowest BCUT2D eigenvalue weighted by molar-refractivity contribution is -0.123. The Kier molecular flexibility index (Phi) is 3.95. The van der Waals surface area contributed by atoms with Gasteiger partial charge in [-0.15, -0.1) is 0 Å². The molecule has 4 atom stereocenters. The standard InChI is InChI=1S/C24H22N2O3/c1-13-6-9-18(10-14(13)2)25-22(27)17-4-3-5-19(12-17)26-23(28)20-15-7-8-16(11-15)21(20)24(26)29/h3-10,12,15-16,20-21H,11H2,1-2H3,(H,25,27)/t15-,16+,20-,21-/m0/s1. The van der Waals surface area contributed by atoms with E-state index in [-0.39, 0.29) is 41.4 Å². The van der Waals surface area contributed by atoms with Crippen LogP contribution in [-0.2, 0) is 9.59 Å². The zero-order chi connectivity index (χ0) is 20.3. The number of nitrogens with zero attached hydrogens (tertiary/aromatic N) is 1. The number of benzene rings is 2. The minimum Gasteiger partial charge on any atom is -0.322 e. The van der Waals surface area contributed by atoms with Crippen LogP contribution in [0.15, 0.2) is 54.6 Å². The summed E-state index contributed by atoms with van der Waals surface area (Å²) in [5.74, 6) is -0.690. The van der Waals surface area contributed by atoms with Gasteiger partial charge in [-0.3, -0.25) is 14.4 Å². The Morgan fingerprint density at radius 1 is 0.931 bits per heavy atom. The van der Waals surface area contributed by atoms with Crippen molar-refractivity contribution in [2.45, 2.75) is 20.3 Å². The van der Waals surface area contributed by atoms with Crippen LogP contribution >= 0.6 is 0 Å². The molecule has 0 aromatic heterocycles. The third-order valence-electron chi connectivity index (χ3n) is 6.60. The Labute approximate surface area is 169 Å². The molecule has 5 rings (SSSR count). The highest BCUT2D eigenvalue weighted by molar-refractivity contribution is 6.23. The van der Waals surface area contributed by atoms with Crippen LogP contribution in [0.5, 0.6) is 0 Å². The molecule has 1 saturated heterocycles. The fourth-order valence-corrected chi connectivity index (χ4v) is 4.97. The molecule has 2 fully saturated rings. The summed E-state index contributed by atoms with van der Waals surface area (Å²) in [5, 5.41) is 2.89. The van der Waals surface area contributed by atoms with Gasteiger partial charge in [0.15, 0.2) is 0 Å². The minimum atomic E-state index is -0.267. The molecule has 1 aliphatic heterocycles. The molecule has 3 aliphatic rings. The van der Waals surface area contributed by atoms with E-state index in [0.717, 1.165) is 17.5 Å². The molecule has 29 heavy (non-hydrogen) atoms. The molecule has 1 N–H and O–H groups in total. The Morgan fingerprint density at radius 3 is 2.28 bits per heavy atom. The quantitative estimate of drug-likeness (QED) is 0.643. The number of imide groups is 1. The zero-order valence-electron chi connectivity index (χ0n) is 16.4. The van der Waals surface area contributed by atoms with Crippen LogP contribution in [0, 0.1) is 37.5 Å². The van der Waals surface area contributed by atoms with Gasteiger partial charge in [-0.1, -0.05) is 24.3 Å². The first kappa shape index (κ1) is 17.9. The van der Waals surface area contributed by atoms with E-state index < -0.39 is 0 Å². The number of hydrogen-bond donors (Lipinski definition) is 1. The lowest BCUT2D eigenvalue weighted by atomic mass is 9.85. The van der Waals surface area contributed by atoms with Crippen molar-refractivity contribution in [1.29, 1.82) is 0 Å². The van der Waals surface area contributed by atoms with E-state index >= 15 is 0 Å². The highest BCUT2D eigenvalue weighted by Crippen LogP contribution is 2.53. The average Bonchev–Trinajstić information content (AvgIpc) is 3.38. The van der Waals surface area contributed by atoms with Crippen molar-refractivity contribution >= 4 is 29.1 Å². The van der Waals surface area contributed by atoms with E-state index in [9.17, 15) is 14.4 Å². The van der Waals surface area contributed by atoms with Crippen molar-refractivity contribution in [2.24, 2.45) is 23.7 Å². The predicted molar refractivity (Wildman–Crippen MR) is 111 cm³/mol. The van der Waals surface area contributed by atoms with E-state index in [4.69, 9.17) is 0 Å². The molecule has 2 bridgehead atoms. The highest BCUT2D eigenvalue weighted by Gasteiger charge is 2.59. The van der Waals surface area contributed by atoms with Gasteiger partial charge in [0, 0.05) is 11.3 Å². The minimum absolute atomic E-state index is 0.136. The van der Waals surface area contributed by atoms with Gasteiger partial charge in [0.2, 0.25) is 11.8 Å². The van der Waals surface area contributed by atoms with Crippen LogP contribution < -0.4 is 10.2 Å². The van der Waals surface area contributed by atoms with E-state index in [0.29, 0.717) is 16.9 Å². The summed E-state index contributed by atoms with van der Waals surface area (Å²) in [6, 6.07) is 12.5. The van der Waals surface area contributed by atoms with Crippen molar-refractivity contribution in [3.05, 3.63) is 71.3 Å². The molecular formula is C24H22N2O3. The van der Waals surface area contributed by atoms with Crippen molar-refractivity contribution < 1.29 is 14.4 Å². The molecule has 0 radical (unpaired) electrons. The molecule has 0 spiro atoms. The second-order valence-electron chi connectivity index (χ2n) is 8.32. The van der Waals surface area contributed by atoms with Gasteiger partial charge in [0.05, 0.1) is 17.5 Å². The number of aryl methyl sites for hydroxylation is 2. The smallest absolute Gasteiger partial charge is 0.255 e. The van der Waals surface area contributed by atoms with E-state index in [1.54, 1.807) is 24.3 Å². The first-order chi connectivity index (χ1) is 13.9. The van der Waals surface area contributed by atoms with E-state index in [2.05, 4.69) is 17.5 Å². The SMILES string of the molecule is Cc1ccc(NC(=O)c2cccc(N3C(=O)[C@@H]4[C@@H](C3=O)[C@H]3C=C[C@@H]4C3)c2)cc1C. The first-order valence-corrected chi connectivity index (χ1v) is 9.99. The lowest BCUT2D eigenvalue weighted by Gasteiger charge is -2.18. The van der Waals surface area contributed by atoms with Crippen LogP contribution in [0.1, 0.15) is 27.9 Å². The molecule has 2 aromatic rings. The largest absolute Gasteiger partial charge is 0.322 e. The molecule has 5 heteroatoms. The van der Waals surface area contributed by atoms with Crippen LogP contribution in [0.2, 0.25) is 0 Å². The summed E-state index contributed by atoms with van der Waals surface area (Å²) in [6.07, 6.45) is 5.06. The molecule has 2 aromatic carbocycles. The van der Waals surface area contributed by atoms with Gasteiger partial charge in [-0.05, 0) is 73.6 Å².